The number of aryl methyl sites for hydroxylation is 2. The fraction of sp³-hybridized carbons (Fsp3) is 0.429. The Balaban J connectivity index is 0.000000163. The fourth-order valence-corrected chi connectivity index (χ4v) is 2.20. The van der Waals surface area contributed by atoms with E-state index in [2.05, 4.69) is 34.2 Å². The van der Waals surface area contributed by atoms with Gasteiger partial charge in [0, 0.05) is 18.8 Å². The SMILES string of the molecule is CN1CC=CCC1.Cc1cc(C)n2ncnc(N)c12. The second-order valence-corrected chi connectivity index (χ2v) is 4.90. The van der Waals surface area contributed by atoms with Crippen LogP contribution >= 0.6 is 0 Å². The van der Waals surface area contributed by atoms with Crippen LogP contribution in [0, 0.1) is 13.8 Å². The Morgan fingerprint density at radius 1 is 1.26 bits per heavy atom. The number of rotatable bonds is 0. The Bertz CT molecular complexity index is 585. The molecular weight excluding hydrogens is 238 g/mol. The van der Waals surface area contributed by atoms with Gasteiger partial charge in [0.05, 0.1) is 0 Å². The van der Waals surface area contributed by atoms with Gasteiger partial charge in [0.25, 0.3) is 0 Å². The van der Waals surface area contributed by atoms with Crippen LogP contribution in [-0.4, -0.2) is 39.6 Å². The first kappa shape index (κ1) is 13.5. The van der Waals surface area contributed by atoms with Gasteiger partial charge in [0.15, 0.2) is 5.82 Å². The third-order valence-corrected chi connectivity index (χ3v) is 3.21. The summed E-state index contributed by atoms with van der Waals surface area (Å²) in [5.74, 6) is 0.538. The molecular formula is C14H21N5. The number of likely N-dealkylation sites (N-methyl/N-ethyl adjacent to an activating group) is 1. The number of nitrogens with two attached hydrogens (primary N) is 1. The number of anilines is 1. The van der Waals surface area contributed by atoms with Gasteiger partial charge in [-0.15, -0.1) is 0 Å². The van der Waals surface area contributed by atoms with Crippen molar-refractivity contribution in [2.24, 2.45) is 0 Å². The van der Waals surface area contributed by atoms with Crippen LogP contribution < -0.4 is 5.73 Å². The molecule has 0 fully saturated rings. The minimum absolute atomic E-state index is 0.538. The van der Waals surface area contributed by atoms with Gasteiger partial charge in [-0.3, -0.25) is 0 Å². The lowest BCUT2D eigenvalue weighted by Gasteiger charge is -2.15. The Hall–Kier alpha value is -1.88. The van der Waals surface area contributed by atoms with Gasteiger partial charge in [-0.05, 0) is 38.9 Å². The highest BCUT2D eigenvalue weighted by molar-refractivity contribution is 5.70. The molecule has 19 heavy (non-hydrogen) atoms. The predicted octanol–water partition coefficient (Wildman–Crippen LogP) is 1.81. The molecule has 0 unspecified atom stereocenters. The molecule has 0 radical (unpaired) electrons. The van der Waals surface area contributed by atoms with Crippen molar-refractivity contribution in [2.45, 2.75) is 20.3 Å². The normalized spacial score (nSPS) is 15.3. The fourth-order valence-electron chi connectivity index (χ4n) is 2.20. The van der Waals surface area contributed by atoms with Crippen molar-refractivity contribution in [1.82, 2.24) is 19.5 Å². The molecule has 1 aliphatic rings. The van der Waals surface area contributed by atoms with E-state index in [-0.39, 0.29) is 0 Å². The molecule has 2 N–H and O–H groups in total. The maximum Gasteiger partial charge on any atom is 0.151 e. The zero-order valence-electron chi connectivity index (χ0n) is 11.8. The van der Waals surface area contributed by atoms with Crippen molar-refractivity contribution in [2.75, 3.05) is 25.9 Å². The Morgan fingerprint density at radius 3 is 2.58 bits per heavy atom. The van der Waals surface area contributed by atoms with Crippen LogP contribution in [0.2, 0.25) is 0 Å². The van der Waals surface area contributed by atoms with Crippen molar-refractivity contribution in [3.63, 3.8) is 0 Å². The van der Waals surface area contributed by atoms with E-state index < -0.39 is 0 Å². The van der Waals surface area contributed by atoms with Gasteiger partial charge >= 0.3 is 0 Å². The average molecular weight is 259 g/mol. The smallest absolute Gasteiger partial charge is 0.151 e. The summed E-state index contributed by atoms with van der Waals surface area (Å²) in [5, 5.41) is 4.09. The van der Waals surface area contributed by atoms with Crippen LogP contribution in [0.1, 0.15) is 17.7 Å². The summed E-state index contributed by atoms with van der Waals surface area (Å²) in [7, 11) is 2.14. The van der Waals surface area contributed by atoms with Crippen molar-refractivity contribution in [1.29, 1.82) is 0 Å². The number of nitrogen functional groups attached to an aromatic ring is 1. The van der Waals surface area contributed by atoms with Gasteiger partial charge < -0.3 is 10.6 Å². The molecule has 0 saturated carbocycles. The summed E-state index contributed by atoms with van der Waals surface area (Å²) in [6.45, 7) is 6.37. The monoisotopic (exact) mass is 259 g/mol. The molecule has 0 saturated heterocycles. The average Bonchev–Trinajstić information content (AvgIpc) is 2.68. The first-order chi connectivity index (χ1) is 9.09. The Labute approximate surface area is 113 Å². The van der Waals surface area contributed by atoms with Gasteiger partial charge in [0.2, 0.25) is 0 Å². The molecule has 3 rings (SSSR count). The second-order valence-electron chi connectivity index (χ2n) is 4.90. The summed E-state index contributed by atoms with van der Waals surface area (Å²) < 4.78 is 1.80. The van der Waals surface area contributed by atoms with Crippen molar-refractivity contribution < 1.29 is 0 Å². The molecule has 3 heterocycles. The van der Waals surface area contributed by atoms with Crippen LogP contribution in [0.15, 0.2) is 24.5 Å². The number of fused-ring (bicyclic) bond motifs is 1. The lowest BCUT2D eigenvalue weighted by Crippen LogP contribution is -2.21. The largest absolute Gasteiger partial charge is 0.382 e. The maximum absolute atomic E-state index is 5.70. The molecule has 2 aromatic heterocycles. The van der Waals surface area contributed by atoms with E-state index in [9.17, 15) is 0 Å². The lowest BCUT2D eigenvalue weighted by molar-refractivity contribution is 0.366. The Kier molecular flexibility index (Phi) is 4.16. The quantitative estimate of drug-likeness (QED) is 0.733. The number of aromatic nitrogens is 3. The lowest BCUT2D eigenvalue weighted by atomic mass is 10.3. The van der Waals surface area contributed by atoms with Crippen LogP contribution in [0.5, 0.6) is 0 Å². The van der Waals surface area contributed by atoms with E-state index in [1.807, 2.05) is 19.9 Å². The van der Waals surface area contributed by atoms with Crippen LogP contribution in [0.4, 0.5) is 5.82 Å². The van der Waals surface area contributed by atoms with E-state index in [4.69, 9.17) is 5.73 Å². The second kappa shape index (κ2) is 5.84. The molecule has 2 aromatic rings. The Morgan fingerprint density at radius 2 is 2.05 bits per heavy atom. The minimum Gasteiger partial charge on any atom is -0.382 e. The topological polar surface area (TPSA) is 59.5 Å². The third kappa shape index (κ3) is 3.12. The molecule has 5 heteroatoms. The highest BCUT2D eigenvalue weighted by Crippen LogP contribution is 2.17. The van der Waals surface area contributed by atoms with Crippen molar-refractivity contribution in [3.8, 4) is 0 Å². The molecule has 0 atom stereocenters. The molecule has 0 spiro atoms. The van der Waals surface area contributed by atoms with Crippen LogP contribution in [0.25, 0.3) is 5.52 Å². The van der Waals surface area contributed by atoms with E-state index in [0.717, 1.165) is 23.3 Å². The maximum atomic E-state index is 5.70. The number of hydrogen-bond acceptors (Lipinski definition) is 4. The summed E-state index contributed by atoms with van der Waals surface area (Å²) in [4.78, 5) is 6.23. The van der Waals surface area contributed by atoms with Gasteiger partial charge in [-0.25, -0.2) is 9.50 Å². The predicted molar refractivity (Wildman–Crippen MR) is 78.1 cm³/mol. The first-order valence-electron chi connectivity index (χ1n) is 6.48. The summed E-state index contributed by atoms with van der Waals surface area (Å²) >= 11 is 0. The zero-order chi connectivity index (χ0) is 13.8. The third-order valence-electron chi connectivity index (χ3n) is 3.21. The molecule has 102 valence electrons. The highest BCUT2D eigenvalue weighted by atomic mass is 15.2. The molecule has 1 aliphatic heterocycles. The summed E-state index contributed by atoms with van der Waals surface area (Å²) in [6.07, 6.45) is 7.15. The molecule has 0 amide bonds. The van der Waals surface area contributed by atoms with Gasteiger partial charge in [-0.2, -0.15) is 5.10 Å². The van der Waals surface area contributed by atoms with Crippen LogP contribution in [0.3, 0.4) is 0 Å². The van der Waals surface area contributed by atoms with Gasteiger partial charge in [0.1, 0.15) is 11.8 Å². The van der Waals surface area contributed by atoms with E-state index in [1.54, 1.807) is 4.52 Å². The first-order valence-corrected chi connectivity index (χ1v) is 6.48. The van der Waals surface area contributed by atoms with Crippen molar-refractivity contribution >= 4 is 11.3 Å². The highest BCUT2D eigenvalue weighted by Gasteiger charge is 2.06. The van der Waals surface area contributed by atoms with E-state index in [1.165, 1.54) is 19.3 Å². The van der Waals surface area contributed by atoms with E-state index >= 15 is 0 Å². The molecule has 0 aromatic carbocycles. The molecule has 0 aliphatic carbocycles. The standard InChI is InChI=1S/C8H10N4.C6H11N/c1-5-3-6(2)12-7(5)8(9)10-4-11-12;1-7-5-3-2-4-6-7/h3-4H,1-2H3,(H2,9,10,11);2-3H,4-6H2,1H3. The van der Waals surface area contributed by atoms with Gasteiger partial charge in [-0.1, -0.05) is 12.2 Å². The summed E-state index contributed by atoms with van der Waals surface area (Å²) in [6, 6.07) is 2.04. The zero-order valence-corrected chi connectivity index (χ0v) is 11.8. The number of nitrogens with zero attached hydrogens (tertiary/aromatic N) is 4. The molecule has 0 bridgehead atoms. The van der Waals surface area contributed by atoms with Crippen molar-refractivity contribution in [3.05, 3.63) is 35.8 Å². The molecule has 5 nitrogen and oxygen atoms in total. The number of hydrogen-bond donors (Lipinski definition) is 1. The van der Waals surface area contributed by atoms with Crippen LogP contribution in [-0.2, 0) is 0 Å². The van der Waals surface area contributed by atoms with E-state index in [0.29, 0.717) is 5.82 Å². The summed E-state index contributed by atoms with van der Waals surface area (Å²) in [5.41, 5.74) is 8.81. The minimum atomic E-state index is 0.538.